The van der Waals surface area contributed by atoms with E-state index in [9.17, 15) is 0 Å². The third-order valence-electron chi connectivity index (χ3n) is 2.99. The van der Waals surface area contributed by atoms with Gasteiger partial charge in [-0.2, -0.15) is 0 Å². The monoisotopic (exact) mass is 336 g/mol. The minimum atomic E-state index is 0.396. The summed E-state index contributed by atoms with van der Waals surface area (Å²) in [7, 11) is 0. The second-order valence-electron chi connectivity index (χ2n) is 4.23. The molecule has 0 atom stereocenters. The van der Waals surface area contributed by atoms with Crippen molar-refractivity contribution in [3.05, 3.63) is 45.9 Å². The Bertz CT molecular complexity index is 914. The van der Waals surface area contributed by atoms with Crippen molar-refractivity contribution in [2.75, 3.05) is 0 Å². The van der Waals surface area contributed by atoms with Crippen LogP contribution in [0.15, 0.2) is 35.7 Å². The number of hydrogen-bond acceptors (Lipinski definition) is 4. The van der Waals surface area contributed by atoms with Gasteiger partial charge in [0.15, 0.2) is 5.82 Å². The predicted octanol–water partition coefficient (Wildman–Crippen LogP) is 5.88. The van der Waals surface area contributed by atoms with Gasteiger partial charge < -0.3 is 0 Å². The van der Waals surface area contributed by atoms with Gasteiger partial charge in [-0.3, -0.25) is 0 Å². The lowest BCUT2D eigenvalue weighted by atomic mass is 10.2. The zero-order valence-electron chi connectivity index (χ0n) is 9.93. The molecule has 0 spiro atoms. The van der Waals surface area contributed by atoms with Gasteiger partial charge in [0, 0.05) is 9.40 Å². The van der Waals surface area contributed by atoms with Crippen LogP contribution in [0.3, 0.4) is 0 Å². The molecule has 0 radical (unpaired) electrons. The number of nitrogens with zero attached hydrogens (tertiary/aromatic N) is 2. The van der Waals surface area contributed by atoms with Gasteiger partial charge in [0.05, 0.1) is 20.8 Å². The molecule has 6 heteroatoms. The summed E-state index contributed by atoms with van der Waals surface area (Å²) in [5.41, 5.74) is 0.768. The second-order valence-corrected chi connectivity index (χ2v) is 7.03. The van der Waals surface area contributed by atoms with Crippen LogP contribution in [0.2, 0.25) is 10.2 Å². The van der Waals surface area contributed by atoms with E-state index in [0.29, 0.717) is 21.4 Å². The van der Waals surface area contributed by atoms with Crippen molar-refractivity contribution in [3.8, 4) is 10.7 Å². The maximum Gasteiger partial charge on any atom is 0.171 e. The van der Waals surface area contributed by atoms with Crippen molar-refractivity contribution < 1.29 is 0 Å². The molecular formula is C14H6Cl2N2S2. The topological polar surface area (TPSA) is 25.8 Å². The lowest BCUT2D eigenvalue weighted by Crippen LogP contribution is -1.90. The lowest BCUT2D eigenvalue weighted by molar-refractivity contribution is 1.24. The van der Waals surface area contributed by atoms with E-state index in [0.717, 1.165) is 10.4 Å². The molecule has 4 aromatic rings. The third-order valence-corrected chi connectivity index (χ3v) is 5.67. The van der Waals surface area contributed by atoms with E-state index in [-0.39, 0.29) is 0 Å². The minimum absolute atomic E-state index is 0.396. The summed E-state index contributed by atoms with van der Waals surface area (Å²) in [6.07, 6.45) is 0. The van der Waals surface area contributed by atoms with Crippen molar-refractivity contribution in [1.82, 2.24) is 9.97 Å². The SMILES string of the molecule is Clc1cccc2nc(-c3cc4sccc4s3)nc(Cl)c12. The van der Waals surface area contributed by atoms with Crippen LogP contribution in [0.1, 0.15) is 0 Å². The third kappa shape index (κ3) is 1.91. The summed E-state index contributed by atoms with van der Waals surface area (Å²) in [6, 6.07) is 9.76. The molecule has 0 bridgehead atoms. The summed E-state index contributed by atoms with van der Waals surface area (Å²) < 4.78 is 2.49. The van der Waals surface area contributed by atoms with Crippen LogP contribution in [-0.2, 0) is 0 Å². The second kappa shape index (κ2) is 4.67. The average Bonchev–Trinajstić information content (AvgIpc) is 2.98. The number of halogens is 2. The maximum atomic E-state index is 6.26. The first-order valence-corrected chi connectivity index (χ1v) is 8.27. The van der Waals surface area contributed by atoms with Crippen molar-refractivity contribution in [2.24, 2.45) is 0 Å². The highest BCUT2D eigenvalue weighted by Gasteiger charge is 2.13. The molecule has 0 aliphatic carbocycles. The molecule has 2 nitrogen and oxygen atoms in total. The van der Waals surface area contributed by atoms with E-state index in [2.05, 4.69) is 27.5 Å². The number of rotatable bonds is 1. The Labute approximate surface area is 132 Å². The van der Waals surface area contributed by atoms with E-state index in [1.165, 1.54) is 9.40 Å². The average molecular weight is 337 g/mol. The first kappa shape index (κ1) is 12.5. The Hall–Kier alpha value is -1.20. The van der Waals surface area contributed by atoms with Gasteiger partial charge in [0.1, 0.15) is 5.15 Å². The quantitative estimate of drug-likeness (QED) is 0.405. The van der Waals surface area contributed by atoms with Crippen LogP contribution in [0.4, 0.5) is 0 Å². The van der Waals surface area contributed by atoms with E-state index in [1.54, 1.807) is 28.7 Å². The normalized spacial score (nSPS) is 11.5. The van der Waals surface area contributed by atoms with E-state index in [4.69, 9.17) is 23.2 Å². The molecule has 3 heterocycles. The molecule has 0 N–H and O–H groups in total. The fourth-order valence-corrected chi connectivity index (χ4v) is 4.71. The molecule has 0 aliphatic rings. The highest BCUT2D eigenvalue weighted by Crippen LogP contribution is 2.37. The molecular weight excluding hydrogens is 331 g/mol. The number of aromatic nitrogens is 2. The van der Waals surface area contributed by atoms with E-state index >= 15 is 0 Å². The molecule has 0 unspecified atom stereocenters. The summed E-state index contributed by atoms with van der Waals surface area (Å²) in [6.45, 7) is 0. The largest absolute Gasteiger partial charge is 0.227 e. The molecule has 4 rings (SSSR count). The Balaban J connectivity index is 1.98. The van der Waals surface area contributed by atoms with Crippen molar-refractivity contribution >= 4 is 66.2 Å². The van der Waals surface area contributed by atoms with Crippen LogP contribution in [0.25, 0.3) is 31.0 Å². The summed E-state index contributed by atoms with van der Waals surface area (Å²) in [5, 5.41) is 3.76. The molecule has 3 aromatic heterocycles. The Kier molecular flexibility index (Phi) is 2.93. The summed E-state index contributed by atoms with van der Waals surface area (Å²) in [4.78, 5) is 9.99. The van der Waals surface area contributed by atoms with Crippen molar-refractivity contribution in [2.45, 2.75) is 0 Å². The maximum absolute atomic E-state index is 6.26. The molecule has 98 valence electrons. The minimum Gasteiger partial charge on any atom is -0.227 e. The Morgan fingerprint density at radius 3 is 2.75 bits per heavy atom. The predicted molar refractivity (Wildman–Crippen MR) is 88.3 cm³/mol. The molecule has 0 fully saturated rings. The number of thiophene rings is 2. The first-order valence-electron chi connectivity index (χ1n) is 5.81. The number of fused-ring (bicyclic) bond motifs is 2. The molecule has 20 heavy (non-hydrogen) atoms. The van der Waals surface area contributed by atoms with Crippen molar-refractivity contribution in [3.63, 3.8) is 0 Å². The number of benzene rings is 1. The summed E-state index contributed by atoms with van der Waals surface area (Å²) >= 11 is 15.8. The molecule has 0 amide bonds. The highest BCUT2D eigenvalue weighted by atomic mass is 35.5. The zero-order chi connectivity index (χ0) is 13.7. The van der Waals surface area contributed by atoms with Crippen molar-refractivity contribution in [1.29, 1.82) is 0 Å². The van der Waals surface area contributed by atoms with Crippen LogP contribution >= 0.6 is 45.9 Å². The fraction of sp³-hybridized carbons (Fsp3) is 0. The zero-order valence-corrected chi connectivity index (χ0v) is 13.1. The van der Waals surface area contributed by atoms with Gasteiger partial charge >= 0.3 is 0 Å². The van der Waals surface area contributed by atoms with Gasteiger partial charge in [-0.05, 0) is 29.6 Å². The van der Waals surface area contributed by atoms with Gasteiger partial charge in [0.2, 0.25) is 0 Å². The van der Waals surface area contributed by atoms with Crippen LogP contribution < -0.4 is 0 Å². The molecule has 0 aliphatic heterocycles. The lowest BCUT2D eigenvalue weighted by Gasteiger charge is -2.04. The molecule has 0 saturated carbocycles. The van der Waals surface area contributed by atoms with Gasteiger partial charge in [-0.15, -0.1) is 22.7 Å². The smallest absolute Gasteiger partial charge is 0.171 e. The van der Waals surface area contributed by atoms with Crippen LogP contribution in [0.5, 0.6) is 0 Å². The van der Waals surface area contributed by atoms with Gasteiger partial charge in [-0.1, -0.05) is 29.3 Å². The van der Waals surface area contributed by atoms with Crippen LogP contribution in [0, 0.1) is 0 Å². The molecule has 1 aromatic carbocycles. The van der Waals surface area contributed by atoms with E-state index < -0.39 is 0 Å². The van der Waals surface area contributed by atoms with Gasteiger partial charge in [-0.25, -0.2) is 9.97 Å². The van der Waals surface area contributed by atoms with Crippen LogP contribution in [-0.4, -0.2) is 9.97 Å². The fourth-order valence-electron chi connectivity index (χ4n) is 2.08. The Morgan fingerprint density at radius 1 is 1.00 bits per heavy atom. The number of hydrogen-bond donors (Lipinski definition) is 0. The Morgan fingerprint density at radius 2 is 1.90 bits per heavy atom. The molecule has 0 saturated heterocycles. The van der Waals surface area contributed by atoms with E-state index in [1.807, 2.05) is 12.1 Å². The first-order chi connectivity index (χ1) is 9.72. The summed E-state index contributed by atoms with van der Waals surface area (Å²) in [5.74, 6) is 0.651. The standard InChI is InChI=1S/C14H6Cl2N2S2/c15-7-2-1-3-8-12(7)13(16)18-14(17-8)11-6-10-9(20-11)4-5-19-10/h1-6H. The van der Waals surface area contributed by atoms with Gasteiger partial charge in [0.25, 0.3) is 0 Å². The highest BCUT2D eigenvalue weighted by molar-refractivity contribution is 7.28.